The molecule has 0 spiro atoms. The molecule has 42 valence electrons. The molecule has 8 heavy (non-hydrogen) atoms. The van der Waals surface area contributed by atoms with Gasteiger partial charge in [0, 0.05) is 0 Å². The Bertz CT molecular complexity index is 105. The van der Waals surface area contributed by atoms with Gasteiger partial charge in [-0.1, -0.05) is 18.7 Å². The maximum Gasteiger partial charge on any atom is 0.0968 e. The van der Waals surface area contributed by atoms with E-state index in [2.05, 4.69) is 6.58 Å². The molecule has 1 atom stereocenters. The van der Waals surface area contributed by atoms with E-state index in [1.165, 1.54) is 0 Å². The highest BCUT2D eigenvalue weighted by Crippen LogP contribution is 1.92. The van der Waals surface area contributed by atoms with Crippen molar-refractivity contribution in [2.24, 2.45) is 5.73 Å². The summed E-state index contributed by atoms with van der Waals surface area (Å²) >= 11 is 0. The van der Waals surface area contributed by atoms with Gasteiger partial charge in [-0.25, -0.2) is 0 Å². The monoisotopic (exact) mass is 107 g/mol. The highest BCUT2D eigenvalue weighted by atomic mass is 14.6. The highest BCUT2D eigenvalue weighted by Gasteiger charge is 1.91. The van der Waals surface area contributed by atoms with Gasteiger partial charge >= 0.3 is 0 Å². The van der Waals surface area contributed by atoms with Crippen LogP contribution < -0.4 is 5.73 Å². The predicted molar refractivity (Wildman–Crippen MR) is 37.7 cm³/mol. The molecular weight excluding hydrogens is 96.9 g/mol. The topological polar surface area (TPSA) is 26.0 Å². The van der Waals surface area contributed by atoms with Crippen LogP contribution in [-0.4, -0.2) is 13.8 Å². The summed E-state index contributed by atoms with van der Waals surface area (Å²) in [5.41, 5.74) is 6.01. The van der Waals surface area contributed by atoms with E-state index < -0.39 is 5.94 Å². The summed E-state index contributed by atoms with van der Waals surface area (Å²) in [6, 6.07) is 0. The Morgan fingerprint density at radius 1 is 1.88 bits per heavy atom. The summed E-state index contributed by atoms with van der Waals surface area (Å²) in [4.78, 5) is 0. The summed E-state index contributed by atoms with van der Waals surface area (Å²) in [5.74, 6) is -0.411. The Kier molecular flexibility index (Phi) is 3.28. The predicted octanol–water partition coefficient (Wildman–Crippen LogP) is 0.572. The third-order valence-electron chi connectivity index (χ3n) is 0.809. The van der Waals surface area contributed by atoms with Crippen LogP contribution in [0.1, 0.15) is 6.92 Å². The molecule has 0 aliphatic heterocycles. The van der Waals surface area contributed by atoms with Gasteiger partial charge in [-0.05, 0) is 18.4 Å². The molecule has 0 heterocycles. The van der Waals surface area contributed by atoms with Gasteiger partial charge in [-0.15, -0.1) is 0 Å². The molecule has 2 radical (unpaired) electrons. The number of allylic oxidation sites excluding steroid dienone is 1. The van der Waals surface area contributed by atoms with Crippen LogP contribution in [-0.2, 0) is 0 Å². The van der Waals surface area contributed by atoms with E-state index in [0.29, 0.717) is 0 Å². The smallest absolute Gasteiger partial charge is 0.0968 e. The first-order valence-corrected chi connectivity index (χ1v) is 2.51. The van der Waals surface area contributed by atoms with Crippen molar-refractivity contribution in [2.75, 3.05) is 0 Å². The van der Waals surface area contributed by atoms with Gasteiger partial charge in [0.15, 0.2) is 0 Å². The van der Waals surface area contributed by atoms with Crippen LogP contribution in [0.4, 0.5) is 0 Å². The molecule has 0 fully saturated rings. The number of hydrogen-bond acceptors (Lipinski definition) is 1. The molecule has 0 amide bonds. The summed E-state index contributed by atoms with van der Waals surface area (Å²) in [6.45, 7) is 5.50. The first kappa shape index (κ1) is 7.50. The summed E-state index contributed by atoms with van der Waals surface area (Å²) in [6.07, 6.45) is 3.65. The average molecular weight is 107 g/mol. The Morgan fingerprint density at radius 3 is 2.50 bits per heavy atom. The minimum atomic E-state index is -0.411. The minimum Gasteiger partial charge on any atom is -0.332 e. The lowest BCUT2D eigenvalue weighted by Gasteiger charge is -2.01. The van der Waals surface area contributed by atoms with Crippen molar-refractivity contribution in [3.8, 4) is 0 Å². The van der Waals surface area contributed by atoms with Gasteiger partial charge in [0.25, 0.3) is 0 Å². The summed E-state index contributed by atoms with van der Waals surface area (Å²) in [7, 11) is 5.25. The molecule has 0 aliphatic carbocycles. The van der Waals surface area contributed by atoms with Crippen molar-refractivity contribution in [1.82, 2.24) is 0 Å². The fraction of sp³-hybridized carbons (Fsp3) is 0.333. The van der Waals surface area contributed by atoms with Crippen LogP contribution in [0, 0.1) is 0 Å². The van der Waals surface area contributed by atoms with Crippen molar-refractivity contribution in [1.29, 1.82) is 0 Å². The van der Waals surface area contributed by atoms with E-state index in [1.54, 1.807) is 6.08 Å². The molecule has 0 saturated carbocycles. The van der Waals surface area contributed by atoms with E-state index >= 15 is 0 Å². The van der Waals surface area contributed by atoms with Gasteiger partial charge in [-0.3, -0.25) is 0 Å². The second kappa shape index (κ2) is 3.50. The highest BCUT2D eigenvalue weighted by molar-refractivity contribution is 6.13. The molecule has 1 nitrogen and oxygen atoms in total. The lowest BCUT2D eigenvalue weighted by Crippen LogP contribution is -2.20. The lowest BCUT2D eigenvalue weighted by atomic mass is 9.91. The molecular formula is C6H10BN. The van der Waals surface area contributed by atoms with Crippen LogP contribution in [0.25, 0.3) is 0 Å². The van der Waals surface area contributed by atoms with Crippen LogP contribution in [0.15, 0.2) is 24.3 Å². The molecule has 2 heteroatoms. The third kappa shape index (κ3) is 2.64. The Hall–Kier alpha value is -0.495. The Labute approximate surface area is 51.7 Å². The van der Waals surface area contributed by atoms with E-state index in [1.807, 2.05) is 13.0 Å². The van der Waals surface area contributed by atoms with E-state index in [-0.39, 0.29) is 0 Å². The number of rotatable bonds is 2. The minimum absolute atomic E-state index is 0.411. The molecule has 0 aromatic carbocycles. The molecule has 0 rings (SSSR count). The van der Waals surface area contributed by atoms with Crippen LogP contribution >= 0.6 is 0 Å². The third-order valence-corrected chi connectivity index (χ3v) is 0.809. The van der Waals surface area contributed by atoms with Gasteiger partial charge in [0.05, 0.1) is 7.85 Å². The zero-order valence-corrected chi connectivity index (χ0v) is 5.09. The zero-order chi connectivity index (χ0) is 6.57. The normalized spacial score (nSPS) is 14.2. The molecule has 2 N–H and O–H groups in total. The maximum absolute atomic E-state index is 5.25. The van der Waals surface area contributed by atoms with Gasteiger partial charge in [0.2, 0.25) is 0 Å². The lowest BCUT2D eigenvalue weighted by molar-refractivity contribution is 1.09. The molecule has 0 saturated heterocycles. The zero-order valence-electron chi connectivity index (χ0n) is 5.09. The van der Waals surface area contributed by atoms with Gasteiger partial charge < -0.3 is 5.73 Å². The van der Waals surface area contributed by atoms with Crippen molar-refractivity contribution in [2.45, 2.75) is 12.9 Å². The second-order valence-corrected chi connectivity index (χ2v) is 1.60. The van der Waals surface area contributed by atoms with Crippen molar-refractivity contribution < 1.29 is 0 Å². The second-order valence-electron chi connectivity index (χ2n) is 1.60. The SMILES string of the molecule is [B][C@@H](N)C(=C)C=CC. The molecule has 0 aromatic heterocycles. The first-order chi connectivity index (χ1) is 3.68. The van der Waals surface area contributed by atoms with E-state index in [9.17, 15) is 0 Å². The largest absolute Gasteiger partial charge is 0.332 e. The Balaban J connectivity index is 3.66. The standard InChI is InChI=1S/C6H10BN/c1-3-4-5(2)6(7)8/h3-4,6H,2,8H2,1H3/t6-/m0/s1. The quantitative estimate of drug-likeness (QED) is 0.405. The molecule has 0 aromatic rings. The van der Waals surface area contributed by atoms with Crippen molar-refractivity contribution >= 4 is 7.85 Å². The van der Waals surface area contributed by atoms with Gasteiger partial charge in [0.1, 0.15) is 0 Å². The fourth-order valence-electron chi connectivity index (χ4n) is 0.325. The van der Waals surface area contributed by atoms with Crippen LogP contribution in [0.5, 0.6) is 0 Å². The van der Waals surface area contributed by atoms with E-state index in [4.69, 9.17) is 13.6 Å². The molecule has 0 unspecified atom stereocenters. The average Bonchev–Trinajstić information content (AvgIpc) is 1.67. The first-order valence-electron chi connectivity index (χ1n) is 2.51. The number of nitrogens with two attached hydrogens (primary N) is 1. The molecule has 0 bridgehead atoms. The van der Waals surface area contributed by atoms with Crippen LogP contribution in [0.2, 0.25) is 0 Å². The van der Waals surface area contributed by atoms with Crippen molar-refractivity contribution in [3.05, 3.63) is 24.3 Å². The fourth-order valence-corrected chi connectivity index (χ4v) is 0.325. The summed E-state index contributed by atoms with van der Waals surface area (Å²) in [5, 5.41) is 0. The van der Waals surface area contributed by atoms with E-state index in [0.717, 1.165) is 5.57 Å². The maximum atomic E-state index is 5.25. The van der Waals surface area contributed by atoms with Crippen molar-refractivity contribution in [3.63, 3.8) is 0 Å². The molecule has 0 aliphatic rings. The number of hydrogen-bond donors (Lipinski definition) is 1. The van der Waals surface area contributed by atoms with Gasteiger partial charge in [-0.2, -0.15) is 0 Å². The van der Waals surface area contributed by atoms with Crippen LogP contribution in [0.3, 0.4) is 0 Å². The Morgan fingerprint density at radius 2 is 2.38 bits per heavy atom. The summed E-state index contributed by atoms with van der Waals surface area (Å²) < 4.78 is 0.